The van der Waals surface area contributed by atoms with Gasteiger partial charge in [0.05, 0.1) is 18.9 Å². The van der Waals surface area contributed by atoms with Crippen molar-refractivity contribution >= 4 is 5.69 Å². The molecule has 0 aliphatic heterocycles. The number of rotatable bonds is 6. The standard InChI is InChI=1S/C13H19NO2/c1-3-15-11-7-8-13(16-4-2)12(9-11)14-10-5-6-10/h7-10,14H,3-6H2,1-2H3. The largest absolute Gasteiger partial charge is 0.494 e. The Morgan fingerprint density at radius 1 is 1.19 bits per heavy atom. The molecule has 0 atom stereocenters. The molecule has 16 heavy (non-hydrogen) atoms. The molecule has 3 nitrogen and oxygen atoms in total. The minimum atomic E-state index is 0.621. The van der Waals surface area contributed by atoms with Gasteiger partial charge in [0.25, 0.3) is 0 Å². The number of hydrogen-bond acceptors (Lipinski definition) is 3. The quantitative estimate of drug-likeness (QED) is 0.800. The summed E-state index contributed by atoms with van der Waals surface area (Å²) in [7, 11) is 0. The molecule has 1 aliphatic carbocycles. The minimum Gasteiger partial charge on any atom is -0.494 e. The van der Waals surface area contributed by atoms with E-state index in [4.69, 9.17) is 9.47 Å². The highest BCUT2D eigenvalue weighted by Crippen LogP contribution is 2.33. The van der Waals surface area contributed by atoms with Crippen molar-refractivity contribution in [3.63, 3.8) is 0 Å². The predicted molar refractivity (Wildman–Crippen MR) is 65.4 cm³/mol. The van der Waals surface area contributed by atoms with Crippen LogP contribution in [0.5, 0.6) is 11.5 Å². The number of anilines is 1. The van der Waals surface area contributed by atoms with Gasteiger partial charge in [-0.15, -0.1) is 0 Å². The zero-order chi connectivity index (χ0) is 11.4. The first-order chi connectivity index (χ1) is 7.83. The predicted octanol–water partition coefficient (Wildman–Crippen LogP) is 3.06. The zero-order valence-corrected chi connectivity index (χ0v) is 9.95. The van der Waals surface area contributed by atoms with Crippen LogP contribution in [0.2, 0.25) is 0 Å². The Balaban J connectivity index is 2.15. The van der Waals surface area contributed by atoms with Crippen molar-refractivity contribution < 1.29 is 9.47 Å². The highest BCUT2D eigenvalue weighted by molar-refractivity contribution is 5.60. The van der Waals surface area contributed by atoms with Gasteiger partial charge in [0.1, 0.15) is 11.5 Å². The maximum Gasteiger partial charge on any atom is 0.142 e. The van der Waals surface area contributed by atoms with E-state index in [1.165, 1.54) is 12.8 Å². The maximum absolute atomic E-state index is 5.58. The Morgan fingerprint density at radius 3 is 2.56 bits per heavy atom. The fourth-order valence-corrected chi connectivity index (χ4v) is 1.61. The molecule has 0 bridgehead atoms. The van der Waals surface area contributed by atoms with Gasteiger partial charge in [-0.2, -0.15) is 0 Å². The van der Waals surface area contributed by atoms with E-state index in [2.05, 4.69) is 5.32 Å². The molecule has 1 aliphatic rings. The summed E-state index contributed by atoms with van der Waals surface area (Å²) < 4.78 is 11.1. The normalized spacial score (nSPS) is 14.6. The summed E-state index contributed by atoms with van der Waals surface area (Å²) in [5, 5.41) is 3.46. The number of benzene rings is 1. The molecule has 1 aromatic rings. The molecular formula is C13H19NO2. The lowest BCUT2D eigenvalue weighted by Gasteiger charge is -2.13. The van der Waals surface area contributed by atoms with E-state index in [9.17, 15) is 0 Å². The summed E-state index contributed by atoms with van der Waals surface area (Å²) in [5.74, 6) is 1.81. The van der Waals surface area contributed by atoms with Gasteiger partial charge < -0.3 is 14.8 Å². The molecule has 0 aromatic heterocycles. The molecule has 1 aromatic carbocycles. The highest BCUT2D eigenvalue weighted by atomic mass is 16.5. The van der Waals surface area contributed by atoms with Crippen LogP contribution in [0.3, 0.4) is 0 Å². The molecule has 0 unspecified atom stereocenters. The van der Waals surface area contributed by atoms with Crippen LogP contribution in [-0.4, -0.2) is 19.3 Å². The number of ether oxygens (including phenoxy) is 2. The van der Waals surface area contributed by atoms with Crippen LogP contribution >= 0.6 is 0 Å². The first-order valence-electron chi connectivity index (χ1n) is 5.99. The molecule has 0 radical (unpaired) electrons. The molecule has 0 heterocycles. The van der Waals surface area contributed by atoms with Crippen molar-refractivity contribution in [2.24, 2.45) is 0 Å². The van der Waals surface area contributed by atoms with Crippen LogP contribution in [0.25, 0.3) is 0 Å². The molecule has 1 N–H and O–H groups in total. The van der Waals surface area contributed by atoms with Crippen molar-refractivity contribution in [1.82, 2.24) is 0 Å². The van der Waals surface area contributed by atoms with Gasteiger partial charge in [0.2, 0.25) is 0 Å². The molecular weight excluding hydrogens is 202 g/mol. The van der Waals surface area contributed by atoms with E-state index in [1.807, 2.05) is 32.0 Å². The van der Waals surface area contributed by atoms with Crippen molar-refractivity contribution in [3.8, 4) is 11.5 Å². The van der Waals surface area contributed by atoms with Crippen LogP contribution in [0.1, 0.15) is 26.7 Å². The lowest BCUT2D eigenvalue weighted by molar-refractivity contribution is 0.332. The monoisotopic (exact) mass is 221 g/mol. The van der Waals surface area contributed by atoms with Crippen molar-refractivity contribution in [3.05, 3.63) is 18.2 Å². The molecule has 0 saturated heterocycles. The molecule has 0 amide bonds. The fraction of sp³-hybridized carbons (Fsp3) is 0.538. The summed E-state index contributed by atoms with van der Waals surface area (Å²) in [6.07, 6.45) is 2.51. The lowest BCUT2D eigenvalue weighted by Crippen LogP contribution is -2.04. The average molecular weight is 221 g/mol. The summed E-state index contributed by atoms with van der Waals surface area (Å²) >= 11 is 0. The Morgan fingerprint density at radius 2 is 1.94 bits per heavy atom. The Labute approximate surface area is 96.8 Å². The van der Waals surface area contributed by atoms with Gasteiger partial charge in [-0.25, -0.2) is 0 Å². The number of hydrogen-bond donors (Lipinski definition) is 1. The van der Waals surface area contributed by atoms with E-state index in [0.717, 1.165) is 17.2 Å². The molecule has 1 fully saturated rings. The molecule has 3 heteroatoms. The molecule has 0 spiro atoms. The van der Waals surface area contributed by atoms with Gasteiger partial charge in [0, 0.05) is 12.1 Å². The van der Waals surface area contributed by atoms with E-state index in [1.54, 1.807) is 0 Å². The molecule has 2 rings (SSSR count). The molecule has 88 valence electrons. The first kappa shape index (κ1) is 11.1. The Hall–Kier alpha value is -1.38. The summed E-state index contributed by atoms with van der Waals surface area (Å²) in [6, 6.07) is 6.56. The smallest absolute Gasteiger partial charge is 0.142 e. The topological polar surface area (TPSA) is 30.5 Å². The van der Waals surface area contributed by atoms with Crippen molar-refractivity contribution in [1.29, 1.82) is 0 Å². The first-order valence-corrected chi connectivity index (χ1v) is 5.99. The van der Waals surface area contributed by atoms with Gasteiger partial charge in [-0.05, 0) is 38.8 Å². The van der Waals surface area contributed by atoms with Crippen LogP contribution < -0.4 is 14.8 Å². The van der Waals surface area contributed by atoms with Crippen LogP contribution in [0.15, 0.2) is 18.2 Å². The summed E-state index contributed by atoms with van der Waals surface area (Å²) in [5.41, 5.74) is 1.05. The SMILES string of the molecule is CCOc1ccc(OCC)c(NC2CC2)c1. The second-order valence-corrected chi connectivity index (χ2v) is 3.94. The van der Waals surface area contributed by atoms with E-state index in [-0.39, 0.29) is 0 Å². The second kappa shape index (κ2) is 5.10. The van der Waals surface area contributed by atoms with Crippen molar-refractivity contribution in [2.45, 2.75) is 32.7 Å². The van der Waals surface area contributed by atoms with Gasteiger partial charge in [-0.1, -0.05) is 0 Å². The van der Waals surface area contributed by atoms with Crippen molar-refractivity contribution in [2.75, 3.05) is 18.5 Å². The van der Waals surface area contributed by atoms with Gasteiger partial charge >= 0.3 is 0 Å². The lowest BCUT2D eigenvalue weighted by atomic mass is 10.2. The van der Waals surface area contributed by atoms with E-state index in [0.29, 0.717) is 19.3 Å². The fourth-order valence-electron chi connectivity index (χ4n) is 1.61. The highest BCUT2D eigenvalue weighted by Gasteiger charge is 2.22. The maximum atomic E-state index is 5.58. The third-order valence-electron chi connectivity index (χ3n) is 2.50. The number of nitrogens with one attached hydrogen (secondary N) is 1. The summed E-state index contributed by atoms with van der Waals surface area (Å²) in [4.78, 5) is 0. The van der Waals surface area contributed by atoms with Crippen LogP contribution in [-0.2, 0) is 0 Å². The van der Waals surface area contributed by atoms with Crippen LogP contribution in [0.4, 0.5) is 5.69 Å². The van der Waals surface area contributed by atoms with E-state index >= 15 is 0 Å². The zero-order valence-electron chi connectivity index (χ0n) is 9.95. The Kier molecular flexibility index (Phi) is 3.54. The minimum absolute atomic E-state index is 0.621. The third kappa shape index (κ3) is 2.81. The summed E-state index contributed by atoms with van der Waals surface area (Å²) in [6.45, 7) is 5.37. The Bertz CT molecular complexity index is 348. The van der Waals surface area contributed by atoms with Gasteiger partial charge in [0.15, 0.2) is 0 Å². The third-order valence-corrected chi connectivity index (χ3v) is 2.50. The van der Waals surface area contributed by atoms with Crippen LogP contribution in [0, 0.1) is 0 Å². The van der Waals surface area contributed by atoms with Gasteiger partial charge in [-0.3, -0.25) is 0 Å². The average Bonchev–Trinajstić information content (AvgIpc) is 3.06. The molecule has 1 saturated carbocycles. The second-order valence-electron chi connectivity index (χ2n) is 3.94. The van der Waals surface area contributed by atoms with E-state index < -0.39 is 0 Å².